The van der Waals surface area contributed by atoms with Gasteiger partial charge in [0.05, 0.1) is 24.1 Å². The summed E-state index contributed by atoms with van der Waals surface area (Å²) in [6, 6.07) is 8.32. The van der Waals surface area contributed by atoms with Gasteiger partial charge in [0, 0.05) is 25.1 Å². The van der Waals surface area contributed by atoms with E-state index in [9.17, 15) is 0 Å². The largest absolute Gasteiger partial charge is 0.472 e. The maximum atomic E-state index is 5.73. The van der Waals surface area contributed by atoms with Crippen LogP contribution < -0.4 is 4.74 Å². The number of aromatic nitrogens is 3. The third-order valence-corrected chi connectivity index (χ3v) is 3.77. The third-order valence-electron chi connectivity index (χ3n) is 3.77. The van der Waals surface area contributed by atoms with Crippen LogP contribution in [0.25, 0.3) is 16.9 Å². The zero-order chi connectivity index (χ0) is 16.4. The Morgan fingerprint density at radius 2 is 1.78 bits per heavy atom. The van der Waals surface area contributed by atoms with Gasteiger partial charge in [0.15, 0.2) is 0 Å². The first kappa shape index (κ1) is 15.5. The van der Waals surface area contributed by atoms with E-state index in [-0.39, 0.29) is 12.2 Å². The van der Waals surface area contributed by atoms with Crippen LogP contribution in [0.3, 0.4) is 0 Å². The monoisotopic (exact) mass is 311 g/mol. The van der Waals surface area contributed by atoms with Crippen molar-refractivity contribution in [3.63, 3.8) is 0 Å². The molecule has 120 valence electrons. The lowest BCUT2D eigenvalue weighted by Gasteiger charge is -2.11. The summed E-state index contributed by atoms with van der Waals surface area (Å²) in [5.74, 6) is 0.554. The van der Waals surface area contributed by atoms with Crippen molar-refractivity contribution in [2.45, 2.75) is 33.0 Å². The fraction of sp³-hybridized carbons (Fsp3) is 0.333. The summed E-state index contributed by atoms with van der Waals surface area (Å²) in [7, 11) is 1.71. The lowest BCUT2D eigenvalue weighted by atomic mass is 10.1. The van der Waals surface area contributed by atoms with Gasteiger partial charge in [-0.05, 0) is 26.3 Å². The molecule has 0 amide bonds. The highest BCUT2D eigenvalue weighted by atomic mass is 16.5. The van der Waals surface area contributed by atoms with Gasteiger partial charge in [-0.1, -0.05) is 24.3 Å². The van der Waals surface area contributed by atoms with Gasteiger partial charge in [-0.25, -0.2) is 9.97 Å². The summed E-state index contributed by atoms with van der Waals surface area (Å²) in [6.07, 6.45) is 5.62. The van der Waals surface area contributed by atoms with E-state index in [0.717, 1.165) is 22.5 Å². The Balaban J connectivity index is 2.00. The highest BCUT2D eigenvalue weighted by Crippen LogP contribution is 2.26. The molecule has 2 heterocycles. The minimum Gasteiger partial charge on any atom is -0.472 e. The second-order valence-corrected chi connectivity index (χ2v) is 5.74. The number of hydrogen-bond acceptors (Lipinski definition) is 4. The van der Waals surface area contributed by atoms with Crippen molar-refractivity contribution in [3.8, 4) is 17.1 Å². The number of benzene rings is 1. The van der Waals surface area contributed by atoms with Gasteiger partial charge in [-0.3, -0.25) is 4.40 Å². The van der Waals surface area contributed by atoms with Crippen molar-refractivity contribution in [3.05, 3.63) is 48.4 Å². The lowest BCUT2D eigenvalue weighted by molar-refractivity contribution is 0.119. The van der Waals surface area contributed by atoms with Crippen LogP contribution in [0, 0.1) is 0 Å². The van der Waals surface area contributed by atoms with Gasteiger partial charge in [0.25, 0.3) is 5.88 Å². The molecule has 0 N–H and O–H groups in total. The zero-order valence-corrected chi connectivity index (χ0v) is 13.9. The van der Waals surface area contributed by atoms with Gasteiger partial charge in [-0.15, -0.1) is 0 Å². The SMILES string of the molecule is COC(C)c1ccc(-c2cnc3c(OC(C)C)nccn23)cc1. The average molecular weight is 311 g/mol. The fourth-order valence-electron chi connectivity index (χ4n) is 2.48. The van der Waals surface area contributed by atoms with E-state index in [4.69, 9.17) is 9.47 Å². The van der Waals surface area contributed by atoms with Crippen LogP contribution in [-0.2, 0) is 4.74 Å². The van der Waals surface area contributed by atoms with Crippen LogP contribution in [0.15, 0.2) is 42.9 Å². The topological polar surface area (TPSA) is 48.7 Å². The number of hydrogen-bond donors (Lipinski definition) is 0. The van der Waals surface area contributed by atoms with Crippen molar-refractivity contribution in [2.24, 2.45) is 0 Å². The van der Waals surface area contributed by atoms with E-state index in [1.54, 1.807) is 13.3 Å². The molecule has 0 aliphatic carbocycles. The molecule has 3 aromatic rings. The van der Waals surface area contributed by atoms with Crippen molar-refractivity contribution in [1.29, 1.82) is 0 Å². The van der Waals surface area contributed by atoms with Gasteiger partial charge in [0.1, 0.15) is 0 Å². The van der Waals surface area contributed by atoms with E-state index in [1.165, 1.54) is 0 Å². The van der Waals surface area contributed by atoms with Gasteiger partial charge >= 0.3 is 0 Å². The summed E-state index contributed by atoms with van der Waals surface area (Å²) in [5, 5.41) is 0. The number of nitrogens with zero attached hydrogens (tertiary/aromatic N) is 3. The first-order chi connectivity index (χ1) is 11.1. The van der Waals surface area contributed by atoms with Crippen LogP contribution in [0.4, 0.5) is 0 Å². The molecule has 1 aromatic carbocycles. The van der Waals surface area contributed by atoms with Crippen LogP contribution in [0.2, 0.25) is 0 Å². The van der Waals surface area contributed by atoms with Gasteiger partial charge in [-0.2, -0.15) is 0 Å². The maximum absolute atomic E-state index is 5.73. The standard InChI is InChI=1S/C18H21N3O2/c1-12(2)23-18-17-20-11-16(21(17)10-9-19-18)15-7-5-14(6-8-15)13(3)22-4/h5-13H,1-4H3. The number of methoxy groups -OCH3 is 1. The summed E-state index contributed by atoms with van der Waals surface area (Å²) in [5.41, 5.74) is 3.97. The molecule has 0 spiro atoms. The van der Waals surface area contributed by atoms with Crippen LogP contribution >= 0.6 is 0 Å². The quantitative estimate of drug-likeness (QED) is 0.717. The lowest BCUT2D eigenvalue weighted by Crippen LogP contribution is -2.08. The Morgan fingerprint density at radius 1 is 1.04 bits per heavy atom. The number of rotatable bonds is 5. The molecule has 0 saturated carbocycles. The van der Waals surface area contributed by atoms with Crippen LogP contribution in [-0.4, -0.2) is 27.6 Å². The van der Waals surface area contributed by atoms with Crippen molar-refractivity contribution in [2.75, 3.05) is 7.11 Å². The number of ether oxygens (including phenoxy) is 2. The molecular weight excluding hydrogens is 290 g/mol. The third kappa shape index (κ3) is 3.05. The smallest absolute Gasteiger partial charge is 0.258 e. The molecule has 0 bridgehead atoms. The van der Waals surface area contributed by atoms with Gasteiger partial charge < -0.3 is 9.47 Å². The highest BCUT2D eigenvalue weighted by Gasteiger charge is 2.12. The van der Waals surface area contributed by atoms with E-state index in [1.807, 2.05) is 37.6 Å². The van der Waals surface area contributed by atoms with Crippen molar-refractivity contribution < 1.29 is 9.47 Å². The minimum atomic E-state index is 0.0589. The maximum Gasteiger partial charge on any atom is 0.258 e. The molecule has 0 fully saturated rings. The molecule has 0 aliphatic heterocycles. The fourth-order valence-corrected chi connectivity index (χ4v) is 2.48. The van der Waals surface area contributed by atoms with Gasteiger partial charge in [0.2, 0.25) is 5.65 Å². The molecule has 0 radical (unpaired) electrons. The summed E-state index contributed by atoms with van der Waals surface area (Å²) in [4.78, 5) is 8.75. The Hall–Kier alpha value is -2.40. The molecule has 0 saturated heterocycles. The Kier molecular flexibility index (Phi) is 4.30. The molecular formula is C18H21N3O2. The molecule has 2 aromatic heterocycles. The molecule has 5 nitrogen and oxygen atoms in total. The average Bonchev–Trinajstić information content (AvgIpc) is 2.99. The first-order valence-electron chi connectivity index (χ1n) is 7.72. The molecule has 5 heteroatoms. The zero-order valence-electron chi connectivity index (χ0n) is 13.9. The summed E-state index contributed by atoms with van der Waals surface area (Å²) >= 11 is 0. The van der Waals surface area contributed by atoms with Crippen LogP contribution in [0.1, 0.15) is 32.4 Å². The summed E-state index contributed by atoms with van der Waals surface area (Å²) < 4.78 is 13.1. The Morgan fingerprint density at radius 3 is 2.43 bits per heavy atom. The molecule has 1 unspecified atom stereocenters. The van der Waals surface area contributed by atoms with E-state index < -0.39 is 0 Å². The Labute approximate surface area is 135 Å². The van der Waals surface area contributed by atoms with E-state index in [0.29, 0.717) is 5.88 Å². The number of imidazole rings is 1. The molecule has 0 aliphatic rings. The Bertz CT molecular complexity index is 794. The highest BCUT2D eigenvalue weighted by molar-refractivity contribution is 5.66. The van der Waals surface area contributed by atoms with Crippen LogP contribution in [0.5, 0.6) is 5.88 Å². The normalized spacial score (nSPS) is 12.7. The van der Waals surface area contributed by atoms with Crippen molar-refractivity contribution >= 4 is 5.65 Å². The first-order valence-corrected chi connectivity index (χ1v) is 7.72. The van der Waals surface area contributed by atoms with E-state index >= 15 is 0 Å². The predicted molar refractivity (Wildman–Crippen MR) is 89.6 cm³/mol. The second kappa shape index (κ2) is 6.38. The second-order valence-electron chi connectivity index (χ2n) is 5.74. The molecule has 3 rings (SSSR count). The molecule has 1 atom stereocenters. The minimum absolute atomic E-state index is 0.0589. The number of fused-ring (bicyclic) bond motifs is 1. The predicted octanol–water partition coefficient (Wildman–Crippen LogP) is 3.89. The molecule has 23 heavy (non-hydrogen) atoms. The summed E-state index contributed by atoms with van der Waals surface area (Å²) in [6.45, 7) is 5.99. The van der Waals surface area contributed by atoms with E-state index in [2.05, 4.69) is 34.2 Å². The van der Waals surface area contributed by atoms with Crippen molar-refractivity contribution in [1.82, 2.24) is 14.4 Å².